The van der Waals surface area contributed by atoms with Gasteiger partial charge in [-0.1, -0.05) is 152 Å². The standard InChI is InChI=1S/C54H35NOSSi/c1-4-14-38(15-5-1)55(39-27-24-36(25-28-39)37-26-30-44-43-20-10-12-22-48(43)56-49(44)34-37)40-29-31-47-52(35-40)58(41-16-6-2-7-17-41,42-18-8-3-9-19-42)51-33-32-46-45-21-11-13-23-50(45)57-54(46)53(47)51/h1-35H. The van der Waals surface area contributed by atoms with Crippen LogP contribution >= 0.6 is 11.3 Å². The Hall–Kier alpha value is -6.98. The molecule has 0 aliphatic carbocycles. The number of thiophene rings is 1. The molecule has 0 N–H and O–H groups in total. The highest BCUT2D eigenvalue weighted by atomic mass is 32.1. The molecule has 0 unspecified atom stereocenters. The van der Waals surface area contributed by atoms with Crippen LogP contribution in [0.3, 0.4) is 0 Å². The zero-order valence-electron chi connectivity index (χ0n) is 31.5. The molecule has 0 amide bonds. The molecule has 0 fully saturated rings. The van der Waals surface area contributed by atoms with Crippen LogP contribution in [-0.4, -0.2) is 8.07 Å². The van der Waals surface area contributed by atoms with Gasteiger partial charge in [0.1, 0.15) is 11.2 Å². The van der Waals surface area contributed by atoms with Crippen molar-refractivity contribution in [2.75, 3.05) is 4.90 Å². The van der Waals surface area contributed by atoms with Crippen LogP contribution in [-0.2, 0) is 0 Å². The van der Waals surface area contributed by atoms with Gasteiger partial charge in [-0.25, -0.2) is 0 Å². The Morgan fingerprint density at radius 1 is 0.397 bits per heavy atom. The van der Waals surface area contributed by atoms with E-state index in [2.05, 4.69) is 205 Å². The lowest BCUT2D eigenvalue weighted by molar-refractivity contribution is 0.669. The highest BCUT2D eigenvalue weighted by Gasteiger charge is 2.49. The Kier molecular flexibility index (Phi) is 7.46. The zero-order valence-corrected chi connectivity index (χ0v) is 33.3. The molecule has 0 atom stereocenters. The van der Waals surface area contributed by atoms with E-state index in [0.29, 0.717) is 0 Å². The maximum atomic E-state index is 6.27. The number of nitrogens with zero attached hydrogens (tertiary/aromatic N) is 1. The van der Waals surface area contributed by atoms with Crippen molar-refractivity contribution >= 4 is 99.3 Å². The van der Waals surface area contributed by atoms with Gasteiger partial charge in [-0.2, -0.15) is 0 Å². The van der Waals surface area contributed by atoms with E-state index in [9.17, 15) is 0 Å². The maximum absolute atomic E-state index is 6.27. The number of hydrogen-bond acceptors (Lipinski definition) is 3. The van der Waals surface area contributed by atoms with Gasteiger partial charge in [-0.3, -0.25) is 0 Å². The molecular weight excluding hydrogens is 739 g/mol. The van der Waals surface area contributed by atoms with Gasteiger partial charge in [-0.15, -0.1) is 11.3 Å². The third-order valence-electron chi connectivity index (χ3n) is 12.2. The summed E-state index contributed by atoms with van der Waals surface area (Å²) in [5.74, 6) is 0. The summed E-state index contributed by atoms with van der Waals surface area (Å²) in [4.78, 5) is 2.42. The molecule has 1 aliphatic rings. The highest BCUT2D eigenvalue weighted by molar-refractivity contribution is 7.28. The zero-order chi connectivity index (χ0) is 38.2. The van der Waals surface area contributed by atoms with Crippen molar-refractivity contribution in [1.29, 1.82) is 0 Å². The minimum absolute atomic E-state index is 0.908. The predicted molar refractivity (Wildman–Crippen MR) is 249 cm³/mol. The average molecular weight is 774 g/mol. The van der Waals surface area contributed by atoms with Crippen LogP contribution in [0.25, 0.3) is 64.4 Å². The van der Waals surface area contributed by atoms with E-state index in [1.807, 2.05) is 23.5 Å². The van der Waals surface area contributed by atoms with Gasteiger partial charge in [-0.05, 0) is 104 Å². The second-order valence-electron chi connectivity index (χ2n) is 15.2. The van der Waals surface area contributed by atoms with E-state index in [1.54, 1.807) is 0 Å². The Balaban J connectivity index is 1.07. The van der Waals surface area contributed by atoms with Gasteiger partial charge in [0.25, 0.3) is 0 Å². The second kappa shape index (κ2) is 13.0. The van der Waals surface area contributed by atoms with Crippen LogP contribution in [0.5, 0.6) is 0 Å². The molecule has 9 aromatic carbocycles. The first-order valence-corrected chi connectivity index (χ1v) is 22.6. The number of hydrogen-bond donors (Lipinski definition) is 0. The lowest BCUT2D eigenvalue weighted by Gasteiger charge is -2.32. The number of rotatable bonds is 6. The molecule has 2 aromatic heterocycles. The fourth-order valence-corrected chi connectivity index (χ4v) is 16.2. The molecule has 58 heavy (non-hydrogen) atoms. The number of benzene rings is 9. The lowest BCUT2D eigenvalue weighted by atomic mass is 10.0. The molecule has 0 saturated heterocycles. The molecule has 3 heterocycles. The quantitative estimate of drug-likeness (QED) is 0.157. The summed E-state index contributed by atoms with van der Waals surface area (Å²) >= 11 is 1.93. The first-order valence-electron chi connectivity index (χ1n) is 19.8. The molecule has 2 nitrogen and oxygen atoms in total. The first kappa shape index (κ1) is 33.2. The smallest absolute Gasteiger partial charge is 0.181 e. The summed E-state index contributed by atoms with van der Waals surface area (Å²) in [6.07, 6.45) is 0. The maximum Gasteiger partial charge on any atom is 0.181 e. The van der Waals surface area contributed by atoms with Gasteiger partial charge < -0.3 is 9.32 Å². The minimum Gasteiger partial charge on any atom is -0.456 e. The molecule has 4 heteroatoms. The molecule has 1 aliphatic heterocycles. The highest BCUT2D eigenvalue weighted by Crippen LogP contribution is 2.44. The molecule has 11 aromatic rings. The summed E-state index contributed by atoms with van der Waals surface area (Å²) < 4.78 is 8.98. The third-order valence-corrected chi connectivity index (χ3v) is 18.2. The molecule has 12 rings (SSSR count). The van der Waals surface area contributed by atoms with Gasteiger partial charge in [0, 0.05) is 48.0 Å². The fourth-order valence-electron chi connectivity index (χ4n) is 9.61. The number of furan rings is 1. The lowest BCUT2D eigenvalue weighted by Crippen LogP contribution is -2.72. The average Bonchev–Trinajstić information content (AvgIpc) is 3.96. The molecule has 272 valence electrons. The monoisotopic (exact) mass is 773 g/mol. The largest absolute Gasteiger partial charge is 0.456 e. The van der Waals surface area contributed by atoms with E-state index >= 15 is 0 Å². The molecule has 0 radical (unpaired) electrons. The van der Waals surface area contributed by atoms with Crippen LogP contribution in [0.1, 0.15) is 0 Å². The van der Waals surface area contributed by atoms with Crippen molar-refractivity contribution in [3.8, 4) is 22.3 Å². The summed E-state index contributed by atoms with van der Waals surface area (Å²) in [7, 11) is -2.79. The van der Waals surface area contributed by atoms with Gasteiger partial charge in [0.05, 0.1) is 0 Å². The Labute approximate surface area is 341 Å². The molecule has 0 spiro atoms. The number of para-hydroxylation sites is 2. The molecular formula is C54H35NOSSi. The van der Waals surface area contributed by atoms with Crippen LogP contribution in [0.15, 0.2) is 217 Å². The summed E-state index contributed by atoms with van der Waals surface area (Å²) in [5, 5.41) is 10.7. The van der Waals surface area contributed by atoms with Crippen molar-refractivity contribution in [2.45, 2.75) is 0 Å². The van der Waals surface area contributed by atoms with E-state index in [-0.39, 0.29) is 0 Å². The second-order valence-corrected chi connectivity index (χ2v) is 20.0. The first-order chi connectivity index (χ1) is 28.8. The predicted octanol–water partition coefficient (Wildman–Crippen LogP) is 12.4. The van der Waals surface area contributed by atoms with Crippen molar-refractivity contribution in [3.05, 3.63) is 212 Å². The topological polar surface area (TPSA) is 16.4 Å². The third kappa shape index (κ3) is 4.89. The molecule has 0 saturated carbocycles. The Morgan fingerprint density at radius 2 is 0.983 bits per heavy atom. The van der Waals surface area contributed by atoms with E-state index in [1.165, 1.54) is 52.0 Å². The van der Waals surface area contributed by atoms with Gasteiger partial charge in [0.2, 0.25) is 0 Å². The normalized spacial score (nSPS) is 13.0. The summed E-state index contributed by atoms with van der Waals surface area (Å²) in [6.45, 7) is 0. The number of anilines is 3. The van der Waals surface area contributed by atoms with Crippen LogP contribution in [0.4, 0.5) is 17.1 Å². The van der Waals surface area contributed by atoms with E-state index in [0.717, 1.165) is 50.1 Å². The summed E-state index contributed by atoms with van der Waals surface area (Å²) in [6, 6.07) is 78.3. The SMILES string of the molecule is c1ccc(N(c2ccc(-c3ccc4c(c3)oc3ccccc34)cc2)c2ccc3c(c2)[Si](c2ccccc2)(c2ccccc2)c2ccc4c(sc5ccccc54)c2-3)cc1. The van der Waals surface area contributed by atoms with Crippen molar-refractivity contribution in [2.24, 2.45) is 0 Å². The Bertz CT molecular complexity index is 3290. The van der Waals surface area contributed by atoms with Crippen molar-refractivity contribution in [1.82, 2.24) is 0 Å². The van der Waals surface area contributed by atoms with Crippen LogP contribution in [0.2, 0.25) is 0 Å². The molecule has 0 bridgehead atoms. The minimum atomic E-state index is -2.79. The van der Waals surface area contributed by atoms with Crippen LogP contribution < -0.4 is 25.6 Å². The fraction of sp³-hybridized carbons (Fsp3) is 0. The summed E-state index contributed by atoms with van der Waals surface area (Å²) in [5.41, 5.74) is 10.2. The number of fused-ring (bicyclic) bond motifs is 10. The van der Waals surface area contributed by atoms with Crippen molar-refractivity contribution < 1.29 is 4.42 Å². The Morgan fingerprint density at radius 3 is 1.74 bits per heavy atom. The van der Waals surface area contributed by atoms with Gasteiger partial charge in [0.15, 0.2) is 8.07 Å². The van der Waals surface area contributed by atoms with Crippen LogP contribution in [0, 0.1) is 0 Å². The van der Waals surface area contributed by atoms with Crippen molar-refractivity contribution in [3.63, 3.8) is 0 Å². The van der Waals surface area contributed by atoms with E-state index in [4.69, 9.17) is 4.42 Å². The van der Waals surface area contributed by atoms with E-state index < -0.39 is 8.07 Å². The van der Waals surface area contributed by atoms with Gasteiger partial charge >= 0.3 is 0 Å².